The summed E-state index contributed by atoms with van der Waals surface area (Å²) in [5, 5.41) is 11.2. The van der Waals surface area contributed by atoms with Gasteiger partial charge in [0.25, 0.3) is 0 Å². The van der Waals surface area contributed by atoms with Crippen molar-refractivity contribution in [1.82, 2.24) is 5.32 Å². The van der Waals surface area contributed by atoms with Crippen molar-refractivity contribution in [3.05, 3.63) is 34.9 Å². The topological polar surface area (TPSA) is 52.9 Å². The van der Waals surface area contributed by atoms with Gasteiger partial charge in [-0.05, 0) is 43.5 Å². The van der Waals surface area contributed by atoms with Crippen molar-refractivity contribution in [2.24, 2.45) is 0 Å². The van der Waals surface area contributed by atoms with Crippen LogP contribution in [0.2, 0.25) is 0 Å². The van der Waals surface area contributed by atoms with Crippen LogP contribution in [0.1, 0.15) is 16.7 Å². The van der Waals surface area contributed by atoms with Gasteiger partial charge in [-0.1, -0.05) is 18.2 Å². The molecule has 0 saturated carbocycles. The number of carbonyl (C=O) groups excluding carboxylic acids is 1. The second-order valence-electron chi connectivity index (χ2n) is 3.88. The van der Waals surface area contributed by atoms with E-state index in [0.29, 0.717) is 0 Å². The van der Waals surface area contributed by atoms with Gasteiger partial charge < -0.3 is 5.32 Å². The van der Waals surface area contributed by atoms with Crippen LogP contribution in [0.4, 0.5) is 0 Å². The Morgan fingerprint density at radius 1 is 1.38 bits per heavy atom. The number of benzene rings is 1. The van der Waals surface area contributed by atoms with Crippen LogP contribution < -0.4 is 5.32 Å². The van der Waals surface area contributed by atoms with Gasteiger partial charge in [0, 0.05) is 0 Å². The standard InChI is InChI=1S/C13H16N2O/c1-10-3-4-12(7-11(10)2)5-6-15-9-13(16)8-14/h3-4,7,15H,5-6,9H2,1-2H3. The summed E-state index contributed by atoms with van der Waals surface area (Å²) in [4.78, 5) is 10.7. The van der Waals surface area contributed by atoms with Crippen LogP contribution in [0, 0.1) is 25.2 Å². The summed E-state index contributed by atoms with van der Waals surface area (Å²) in [5.41, 5.74) is 3.82. The first kappa shape index (κ1) is 12.4. The highest BCUT2D eigenvalue weighted by atomic mass is 16.1. The van der Waals surface area contributed by atoms with Crippen molar-refractivity contribution < 1.29 is 4.79 Å². The zero-order valence-corrected chi connectivity index (χ0v) is 9.71. The minimum absolute atomic E-state index is 0.140. The van der Waals surface area contributed by atoms with Crippen molar-refractivity contribution in [2.75, 3.05) is 13.1 Å². The second kappa shape index (κ2) is 6.04. The Labute approximate surface area is 96.1 Å². The van der Waals surface area contributed by atoms with Crippen LogP contribution >= 0.6 is 0 Å². The Kier molecular flexibility index (Phi) is 4.68. The van der Waals surface area contributed by atoms with Crippen LogP contribution in [-0.2, 0) is 11.2 Å². The van der Waals surface area contributed by atoms with E-state index in [1.807, 2.05) is 0 Å². The zero-order chi connectivity index (χ0) is 12.0. The first-order chi connectivity index (χ1) is 7.63. The first-order valence-corrected chi connectivity index (χ1v) is 5.33. The molecule has 0 aromatic heterocycles. The average Bonchev–Trinajstić information content (AvgIpc) is 2.28. The highest BCUT2D eigenvalue weighted by Crippen LogP contribution is 2.09. The molecule has 0 fully saturated rings. The number of ketones is 1. The smallest absolute Gasteiger partial charge is 0.245 e. The molecule has 0 atom stereocenters. The van der Waals surface area contributed by atoms with Crippen LogP contribution in [0.25, 0.3) is 0 Å². The molecular formula is C13H16N2O. The van der Waals surface area contributed by atoms with E-state index in [1.165, 1.54) is 16.7 Å². The van der Waals surface area contributed by atoms with Crippen LogP contribution in [0.3, 0.4) is 0 Å². The number of nitrogens with zero attached hydrogens (tertiary/aromatic N) is 1. The minimum Gasteiger partial charge on any atom is -0.309 e. The normalized spacial score (nSPS) is 9.81. The summed E-state index contributed by atoms with van der Waals surface area (Å²) < 4.78 is 0. The second-order valence-corrected chi connectivity index (χ2v) is 3.88. The van der Waals surface area contributed by atoms with E-state index < -0.39 is 5.78 Å². The summed E-state index contributed by atoms with van der Waals surface area (Å²) in [6.45, 7) is 5.03. The molecule has 16 heavy (non-hydrogen) atoms. The lowest BCUT2D eigenvalue weighted by atomic mass is 10.0. The lowest BCUT2D eigenvalue weighted by molar-refractivity contribution is -0.113. The Balaban J connectivity index is 2.35. The Hall–Kier alpha value is -1.66. The van der Waals surface area contributed by atoms with Crippen molar-refractivity contribution >= 4 is 5.78 Å². The Morgan fingerprint density at radius 2 is 2.12 bits per heavy atom. The van der Waals surface area contributed by atoms with Gasteiger partial charge in [0.1, 0.15) is 6.07 Å². The lowest BCUT2D eigenvalue weighted by Crippen LogP contribution is -2.24. The highest BCUT2D eigenvalue weighted by molar-refractivity contribution is 5.94. The van der Waals surface area contributed by atoms with E-state index in [4.69, 9.17) is 5.26 Å². The molecule has 1 aromatic carbocycles. The van der Waals surface area contributed by atoms with Gasteiger partial charge >= 0.3 is 0 Å². The van der Waals surface area contributed by atoms with E-state index in [0.717, 1.165) is 13.0 Å². The number of nitriles is 1. The first-order valence-electron chi connectivity index (χ1n) is 5.33. The fraction of sp³-hybridized carbons (Fsp3) is 0.385. The maximum absolute atomic E-state index is 10.7. The van der Waals surface area contributed by atoms with E-state index in [-0.39, 0.29) is 6.54 Å². The molecule has 0 radical (unpaired) electrons. The molecule has 0 amide bonds. The molecule has 3 nitrogen and oxygen atoms in total. The van der Waals surface area contributed by atoms with E-state index in [1.54, 1.807) is 6.07 Å². The fourth-order valence-corrected chi connectivity index (χ4v) is 1.43. The number of aryl methyl sites for hydroxylation is 2. The van der Waals surface area contributed by atoms with Gasteiger partial charge in [0.05, 0.1) is 6.54 Å². The summed E-state index contributed by atoms with van der Waals surface area (Å²) >= 11 is 0. The maximum Gasteiger partial charge on any atom is 0.245 e. The van der Waals surface area contributed by atoms with Crippen LogP contribution in [0.15, 0.2) is 18.2 Å². The number of hydrogen-bond acceptors (Lipinski definition) is 3. The average molecular weight is 216 g/mol. The SMILES string of the molecule is Cc1ccc(CCNCC(=O)C#N)cc1C. The molecule has 1 rings (SSSR count). The van der Waals surface area contributed by atoms with Gasteiger partial charge in [-0.25, -0.2) is 0 Å². The van der Waals surface area contributed by atoms with E-state index in [2.05, 4.69) is 37.4 Å². The minimum atomic E-state index is -0.417. The summed E-state index contributed by atoms with van der Waals surface area (Å²) in [5.74, 6) is -0.417. The molecule has 0 aliphatic carbocycles. The quantitative estimate of drug-likeness (QED) is 0.600. The van der Waals surface area contributed by atoms with Crippen molar-refractivity contribution in [3.63, 3.8) is 0 Å². The predicted molar refractivity (Wildman–Crippen MR) is 63.1 cm³/mol. The van der Waals surface area contributed by atoms with Gasteiger partial charge in [0.2, 0.25) is 5.78 Å². The Bertz CT molecular complexity index is 418. The molecule has 0 heterocycles. The van der Waals surface area contributed by atoms with Crippen molar-refractivity contribution in [1.29, 1.82) is 5.26 Å². The zero-order valence-electron chi connectivity index (χ0n) is 9.71. The monoisotopic (exact) mass is 216 g/mol. The largest absolute Gasteiger partial charge is 0.309 e. The van der Waals surface area contributed by atoms with Gasteiger partial charge in [-0.15, -0.1) is 0 Å². The number of hydrogen-bond donors (Lipinski definition) is 1. The number of carbonyl (C=O) groups is 1. The molecule has 3 heteroatoms. The van der Waals surface area contributed by atoms with Gasteiger partial charge in [-0.3, -0.25) is 4.79 Å². The molecule has 0 aliphatic heterocycles. The summed E-state index contributed by atoms with van der Waals surface area (Å²) in [7, 11) is 0. The van der Waals surface area contributed by atoms with E-state index >= 15 is 0 Å². The van der Waals surface area contributed by atoms with Crippen molar-refractivity contribution in [3.8, 4) is 6.07 Å². The third kappa shape index (κ3) is 3.84. The Morgan fingerprint density at radius 3 is 2.75 bits per heavy atom. The van der Waals surface area contributed by atoms with Crippen LogP contribution in [0.5, 0.6) is 0 Å². The molecular weight excluding hydrogens is 200 g/mol. The maximum atomic E-state index is 10.7. The summed E-state index contributed by atoms with van der Waals surface area (Å²) in [6.07, 6.45) is 0.875. The fourth-order valence-electron chi connectivity index (χ4n) is 1.43. The molecule has 0 saturated heterocycles. The summed E-state index contributed by atoms with van der Waals surface area (Å²) in [6, 6.07) is 7.93. The van der Waals surface area contributed by atoms with E-state index in [9.17, 15) is 4.79 Å². The third-order valence-corrected chi connectivity index (χ3v) is 2.57. The number of rotatable bonds is 5. The predicted octanol–water partition coefficient (Wildman–Crippen LogP) is 1.53. The molecule has 0 unspecified atom stereocenters. The molecule has 84 valence electrons. The molecule has 0 bridgehead atoms. The lowest BCUT2D eigenvalue weighted by Gasteiger charge is -2.05. The highest BCUT2D eigenvalue weighted by Gasteiger charge is 1.99. The van der Waals surface area contributed by atoms with Gasteiger partial charge in [0.15, 0.2) is 0 Å². The van der Waals surface area contributed by atoms with Crippen molar-refractivity contribution in [2.45, 2.75) is 20.3 Å². The number of nitrogens with one attached hydrogen (secondary N) is 1. The van der Waals surface area contributed by atoms with Gasteiger partial charge in [-0.2, -0.15) is 5.26 Å². The molecule has 0 aliphatic rings. The molecule has 0 spiro atoms. The number of Topliss-reactive ketones (excluding diaryl/α,β-unsaturated/α-hetero) is 1. The van der Waals surface area contributed by atoms with Crippen LogP contribution in [-0.4, -0.2) is 18.9 Å². The molecule has 1 aromatic rings. The third-order valence-electron chi connectivity index (χ3n) is 2.57. The molecule has 1 N–H and O–H groups in total.